The summed E-state index contributed by atoms with van der Waals surface area (Å²) in [5.74, 6) is -1.04. The number of methoxy groups -OCH3 is 2. The van der Waals surface area contributed by atoms with Crippen LogP contribution >= 0.6 is 0 Å². The van der Waals surface area contributed by atoms with Crippen LogP contribution in [0.2, 0.25) is 0 Å². The quantitative estimate of drug-likeness (QED) is 0.337. The van der Waals surface area contributed by atoms with E-state index in [2.05, 4.69) is 0 Å². The summed E-state index contributed by atoms with van der Waals surface area (Å²) in [5.41, 5.74) is -0.840. The van der Waals surface area contributed by atoms with Crippen LogP contribution in [-0.4, -0.2) is 30.0 Å². The van der Waals surface area contributed by atoms with Crippen LogP contribution in [0.5, 0.6) is 17.2 Å². The van der Waals surface area contributed by atoms with Crippen LogP contribution in [0.3, 0.4) is 0 Å². The summed E-state index contributed by atoms with van der Waals surface area (Å²) in [6.07, 6.45) is 0. The van der Waals surface area contributed by atoms with Gasteiger partial charge in [0.2, 0.25) is 0 Å². The second-order valence-corrected chi connectivity index (χ2v) is 4.63. The molecule has 0 unspecified atom stereocenters. The first-order chi connectivity index (χ1) is 11.9. The molecule has 2 aromatic rings. The third-order valence-electron chi connectivity index (χ3n) is 3.17. The predicted octanol–water partition coefficient (Wildman–Crippen LogP) is 2.74. The summed E-state index contributed by atoms with van der Waals surface area (Å²) >= 11 is 0. The number of hydrogen-bond acceptors (Lipinski definition) is 8. The van der Waals surface area contributed by atoms with Crippen molar-refractivity contribution in [3.8, 4) is 17.2 Å². The van der Waals surface area contributed by atoms with Gasteiger partial charge in [-0.2, -0.15) is 0 Å². The number of nitro benzene ring substituents is 2. The highest BCUT2D eigenvalue weighted by Gasteiger charge is 2.21. The Morgan fingerprint density at radius 1 is 0.880 bits per heavy atom. The molecule has 130 valence electrons. The maximum atomic E-state index is 12.2. The van der Waals surface area contributed by atoms with Gasteiger partial charge in [-0.25, -0.2) is 4.79 Å². The SMILES string of the molecule is COc1ccc([N+](=O)[O-])cc1OC(=O)c1ccc(OC)c([N+](=O)[O-])c1. The molecule has 0 amide bonds. The molecule has 0 aliphatic carbocycles. The molecule has 0 atom stereocenters. The largest absolute Gasteiger partial charge is 0.493 e. The van der Waals surface area contributed by atoms with E-state index in [1.807, 2.05) is 0 Å². The van der Waals surface area contributed by atoms with Gasteiger partial charge in [0.1, 0.15) is 0 Å². The van der Waals surface area contributed by atoms with Crippen LogP contribution in [0.25, 0.3) is 0 Å². The van der Waals surface area contributed by atoms with Crippen molar-refractivity contribution in [2.24, 2.45) is 0 Å². The first kappa shape index (κ1) is 17.7. The summed E-state index contributed by atoms with van der Waals surface area (Å²) in [6, 6.07) is 7.00. The van der Waals surface area contributed by atoms with Gasteiger partial charge < -0.3 is 14.2 Å². The van der Waals surface area contributed by atoms with Gasteiger partial charge in [0.05, 0.1) is 35.7 Å². The minimum Gasteiger partial charge on any atom is -0.493 e. The molecule has 0 heterocycles. The third-order valence-corrected chi connectivity index (χ3v) is 3.17. The van der Waals surface area contributed by atoms with Gasteiger partial charge >= 0.3 is 11.7 Å². The highest BCUT2D eigenvalue weighted by molar-refractivity contribution is 5.92. The maximum absolute atomic E-state index is 12.2. The molecule has 0 N–H and O–H groups in total. The summed E-state index contributed by atoms with van der Waals surface area (Å²) in [4.78, 5) is 32.7. The topological polar surface area (TPSA) is 131 Å². The third kappa shape index (κ3) is 3.80. The van der Waals surface area contributed by atoms with Gasteiger partial charge in [-0.05, 0) is 18.2 Å². The number of hydrogen-bond donors (Lipinski definition) is 0. The molecule has 10 nitrogen and oxygen atoms in total. The zero-order chi connectivity index (χ0) is 18.6. The van der Waals surface area contributed by atoms with E-state index < -0.39 is 21.5 Å². The lowest BCUT2D eigenvalue weighted by molar-refractivity contribution is -0.385. The Hall–Kier alpha value is -3.69. The lowest BCUT2D eigenvalue weighted by atomic mass is 10.2. The van der Waals surface area contributed by atoms with Crippen molar-refractivity contribution in [2.75, 3.05) is 14.2 Å². The Bertz CT molecular complexity index is 849. The fraction of sp³-hybridized carbons (Fsp3) is 0.133. The highest BCUT2D eigenvalue weighted by atomic mass is 16.6. The Kier molecular flexibility index (Phi) is 5.12. The van der Waals surface area contributed by atoms with Crippen molar-refractivity contribution in [1.29, 1.82) is 0 Å². The molecular weight excluding hydrogens is 336 g/mol. The first-order valence-electron chi connectivity index (χ1n) is 6.74. The van der Waals surface area contributed by atoms with Gasteiger partial charge in [0.25, 0.3) is 5.69 Å². The zero-order valence-electron chi connectivity index (χ0n) is 13.1. The number of non-ortho nitro benzene ring substituents is 1. The number of nitrogens with zero attached hydrogens (tertiary/aromatic N) is 2. The Morgan fingerprint density at radius 3 is 2.08 bits per heavy atom. The number of carbonyl (C=O) groups is 1. The molecule has 0 aromatic heterocycles. The van der Waals surface area contributed by atoms with E-state index in [1.54, 1.807) is 0 Å². The Morgan fingerprint density at radius 2 is 1.52 bits per heavy atom. The van der Waals surface area contributed by atoms with Gasteiger partial charge in [-0.15, -0.1) is 0 Å². The van der Waals surface area contributed by atoms with E-state index in [0.717, 1.165) is 12.1 Å². The molecule has 0 aliphatic heterocycles. The van der Waals surface area contributed by atoms with E-state index in [1.165, 1.54) is 38.5 Å². The maximum Gasteiger partial charge on any atom is 0.343 e. The number of rotatable bonds is 6. The predicted molar refractivity (Wildman–Crippen MR) is 84.3 cm³/mol. The molecule has 0 saturated carbocycles. The molecule has 25 heavy (non-hydrogen) atoms. The second kappa shape index (κ2) is 7.25. The Balaban J connectivity index is 2.37. The van der Waals surface area contributed by atoms with Gasteiger partial charge in [-0.1, -0.05) is 0 Å². The van der Waals surface area contributed by atoms with Crippen molar-refractivity contribution >= 4 is 17.3 Å². The van der Waals surface area contributed by atoms with Crippen LogP contribution in [0.1, 0.15) is 10.4 Å². The zero-order valence-corrected chi connectivity index (χ0v) is 13.1. The summed E-state index contributed by atoms with van der Waals surface area (Å²) < 4.78 is 14.9. The monoisotopic (exact) mass is 348 g/mol. The average Bonchev–Trinajstić information content (AvgIpc) is 2.60. The fourth-order valence-electron chi connectivity index (χ4n) is 1.98. The molecule has 0 spiro atoms. The Labute approximate surface area is 140 Å². The number of benzene rings is 2. The van der Waals surface area contributed by atoms with Crippen molar-refractivity contribution < 1.29 is 28.9 Å². The van der Waals surface area contributed by atoms with Crippen molar-refractivity contribution in [3.63, 3.8) is 0 Å². The van der Waals surface area contributed by atoms with Gasteiger partial charge in [0, 0.05) is 12.1 Å². The van der Waals surface area contributed by atoms with Crippen LogP contribution in [0.4, 0.5) is 11.4 Å². The molecular formula is C15H12N2O8. The summed E-state index contributed by atoms with van der Waals surface area (Å²) in [6.45, 7) is 0. The van der Waals surface area contributed by atoms with Crippen molar-refractivity contribution in [2.45, 2.75) is 0 Å². The number of esters is 1. The number of carbonyl (C=O) groups excluding carboxylic acids is 1. The standard InChI is InChI=1S/C15H12N2O8/c1-23-12-5-3-9(7-11(12)17(21)22)15(18)25-14-8-10(16(19)20)4-6-13(14)24-2/h3-8H,1-2H3. The molecule has 0 saturated heterocycles. The summed E-state index contributed by atoms with van der Waals surface area (Å²) in [7, 11) is 2.56. The lowest BCUT2D eigenvalue weighted by Gasteiger charge is -2.09. The smallest absolute Gasteiger partial charge is 0.343 e. The van der Waals surface area contributed by atoms with E-state index in [4.69, 9.17) is 14.2 Å². The molecule has 2 aromatic carbocycles. The van der Waals surface area contributed by atoms with Gasteiger partial charge in [0.15, 0.2) is 17.2 Å². The summed E-state index contributed by atoms with van der Waals surface area (Å²) in [5, 5.41) is 21.8. The van der Waals surface area contributed by atoms with Crippen LogP contribution in [0, 0.1) is 20.2 Å². The molecule has 2 rings (SSSR count). The minimum atomic E-state index is -0.940. The van der Waals surface area contributed by atoms with Crippen molar-refractivity contribution in [1.82, 2.24) is 0 Å². The van der Waals surface area contributed by atoms with Crippen LogP contribution in [0.15, 0.2) is 36.4 Å². The van der Waals surface area contributed by atoms with Gasteiger partial charge in [-0.3, -0.25) is 20.2 Å². The normalized spacial score (nSPS) is 10.0. The highest BCUT2D eigenvalue weighted by Crippen LogP contribution is 2.33. The van der Waals surface area contributed by atoms with E-state index in [0.29, 0.717) is 0 Å². The minimum absolute atomic E-state index is 0.0190. The molecule has 0 aliphatic rings. The van der Waals surface area contributed by atoms with E-state index in [9.17, 15) is 25.0 Å². The number of ether oxygens (including phenoxy) is 3. The molecule has 0 bridgehead atoms. The van der Waals surface area contributed by atoms with E-state index in [-0.39, 0.29) is 28.5 Å². The van der Waals surface area contributed by atoms with Crippen molar-refractivity contribution in [3.05, 3.63) is 62.2 Å². The fourth-order valence-corrected chi connectivity index (χ4v) is 1.98. The van der Waals surface area contributed by atoms with Crippen LogP contribution < -0.4 is 14.2 Å². The van der Waals surface area contributed by atoms with Crippen LogP contribution in [-0.2, 0) is 0 Å². The number of nitro groups is 2. The first-order valence-corrected chi connectivity index (χ1v) is 6.74. The average molecular weight is 348 g/mol. The molecule has 0 radical (unpaired) electrons. The second-order valence-electron chi connectivity index (χ2n) is 4.63. The molecule has 0 fully saturated rings. The lowest BCUT2D eigenvalue weighted by Crippen LogP contribution is -2.10. The molecule has 10 heteroatoms. The van der Waals surface area contributed by atoms with E-state index >= 15 is 0 Å².